The Kier molecular flexibility index (Phi) is 11.6. The quantitative estimate of drug-likeness (QED) is 0.272. The van der Waals surface area contributed by atoms with Crippen LogP contribution in [0, 0.1) is 5.92 Å². The number of carbonyl (C=O) groups is 2. The number of aliphatic hydroxyl groups is 1. The Morgan fingerprint density at radius 1 is 1.21 bits per heavy atom. The predicted molar refractivity (Wildman–Crippen MR) is 128 cm³/mol. The summed E-state index contributed by atoms with van der Waals surface area (Å²) in [5, 5.41) is 16.4. The highest BCUT2D eigenvalue weighted by Gasteiger charge is 2.13. The zero-order chi connectivity index (χ0) is 24.1. The van der Waals surface area contributed by atoms with E-state index in [2.05, 4.69) is 29.5 Å². The molecule has 5 N–H and O–H groups in total. The van der Waals surface area contributed by atoms with Crippen molar-refractivity contribution in [3.63, 3.8) is 0 Å². The second-order valence-corrected chi connectivity index (χ2v) is 8.80. The number of benzene rings is 1. The number of primary amides is 1. The molecular weight excluding hydrogens is 444 g/mol. The maximum absolute atomic E-state index is 12.2. The van der Waals surface area contributed by atoms with E-state index in [-0.39, 0.29) is 12.5 Å². The predicted octanol–water partition coefficient (Wildman–Crippen LogP) is 2.21. The topological polar surface area (TPSA) is 136 Å². The molecule has 2 rings (SSSR count). The minimum absolute atomic E-state index is 0.0614. The lowest BCUT2D eigenvalue weighted by Gasteiger charge is -2.12. The Balaban J connectivity index is 1.57. The van der Waals surface area contributed by atoms with Crippen LogP contribution in [0.1, 0.15) is 53.1 Å². The molecule has 2 unspecified atom stereocenters. The molecular formula is C23H34N4O5S. The monoisotopic (exact) mass is 478 g/mol. The van der Waals surface area contributed by atoms with Crippen molar-refractivity contribution in [1.82, 2.24) is 15.6 Å². The molecule has 182 valence electrons. The summed E-state index contributed by atoms with van der Waals surface area (Å²) in [7, 11) is 0. The number of carbonyl (C=O) groups excluding carboxylic acids is 2. The van der Waals surface area contributed by atoms with Crippen LogP contribution in [0.2, 0.25) is 0 Å². The van der Waals surface area contributed by atoms with E-state index >= 15 is 0 Å². The van der Waals surface area contributed by atoms with Crippen molar-refractivity contribution in [3.8, 4) is 10.9 Å². The second-order valence-electron chi connectivity index (χ2n) is 7.81. The van der Waals surface area contributed by atoms with Crippen LogP contribution in [0.5, 0.6) is 10.9 Å². The summed E-state index contributed by atoms with van der Waals surface area (Å²) in [5.74, 6) is 0.660. The van der Waals surface area contributed by atoms with Crippen molar-refractivity contribution in [2.45, 2.75) is 39.2 Å². The van der Waals surface area contributed by atoms with Crippen molar-refractivity contribution >= 4 is 23.2 Å². The number of nitrogens with zero attached hydrogens (tertiary/aromatic N) is 1. The Bertz CT molecular complexity index is 859. The number of thiazole rings is 1. The normalized spacial score (nSPS) is 12.7. The van der Waals surface area contributed by atoms with E-state index in [0.717, 1.165) is 30.6 Å². The van der Waals surface area contributed by atoms with Gasteiger partial charge in [0.25, 0.3) is 11.1 Å². The molecule has 0 radical (unpaired) electrons. The molecule has 2 aromatic rings. The highest BCUT2D eigenvalue weighted by molar-refractivity contribution is 7.15. The average Bonchev–Trinajstić information content (AvgIpc) is 3.29. The van der Waals surface area contributed by atoms with Gasteiger partial charge in [0.1, 0.15) is 29.9 Å². The summed E-state index contributed by atoms with van der Waals surface area (Å²) in [6, 6.07) is 6.57. The van der Waals surface area contributed by atoms with E-state index in [1.165, 1.54) is 6.20 Å². The number of ether oxygens (including phenoxy) is 2. The van der Waals surface area contributed by atoms with Gasteiger partial charge in [-0.1, -0.05) is 31.6 Å². The molecule has 1 aromatic carbocycles. The standard InChI is InChI=1S/C23H34N4O5S/c1-3-16(2)5-4-10-26-22(30)20-14-27-23(33-20)32-15-18(28)13-25-11-12-31-19-8-6-17(7-9-19)21(24)29/h6-9,14,16,18,25,28H,3-5,10-13,15H2,1-2H3,(H2,24,29)(H,26,30). The maximum Gasteiger partial charge on any atom is 0.273 e. The first-order valence-electron chi connectivity index (χ1n) is 11.2. The molecule has 0 spiro atoms. The third-order valence-corrected chi connectivity index (χ3v) is 5.94. The van der Waals surface area contributed by atoms with Crippen LogP contribution < -0.4 is 25.8 Å². The Morgan fingerprint density at radius 3 is 2.67 bits per heavy atom. The third-order valence-electron chi connectivity index (χ3n) is 5.03. The maximum atomic E-state index is 12.2. The van der Waals surface area contributed by atoms with Crippen LogP contribution in [0.25, 0.3) is 0 Å². The van der Waals surface area contributed by atoms with E-state index in [1.807, 2.05) is 0 Å². The van der Waals surface area contributed by atoms with Gasteiger partial charge in [0.05, 0.1) is 6.20 Å². The van der Waals surface area contributed by atoms with Crippen molar-refractivity contribution in [2.75, 3.05) is 32.8 Å². The van der Waals surface area contributed by atoms with Gasteiger partial charge in [-0.05, 0) is 43.0 Å². The number of aromatic nitrogens is 1. The van der Waals surface area contributed by atoms with Gasteiger partial charge in [-0.2, -0.15) is 0 Å². The van der Waals surface area contributed by atoms with Gasteiger partial charge in [-0.25, -0.2) is 4.98 Å². The number of nitrogens with two attached hydrogens (primary N) is 1. The van der Waals surface area contributed by atoms with E-state index in [1.54, 1.807) is 24.3 Å². The van der Waals surface area contributed by atoms with Gasteiger partial charge >= 0.3 is 0 Å². The average molecular weight is 479 g/mol. The Hall–Kier alpha value is -2.69. The zero-order valence-corrected chi connectivity index (χ0v) is 20.0. The van der Waals surface area contributed by atoms with Gasteiger partial charge < -0.3 is 30.9 Å². The summed E-state index contributed by atoms with van der Waals surface area (Å²) in [4.78, 5) is 27.8. The summed E-state index contributed by atoms with van der Waals surface area (Å²) in [6.45, 7) is 6.31. The number of hydrogen-bond acceptors (Lipinski definition) is 8. The number of nitrogens with one attached hydrogen (secondary N) is 2. The van der Waals surface area contributed by atoms with Crippen molar-refractivity contribution < 1.29 is 24.2 Å². The molecule has 0 aliphatic heterocycles. The van der Waals surface area contributed by atoms with Crippen LogP contribution in [0.15, 0.2) is 30.5 Å². The zero-order valence-electron chi connectivity index (χ0n) is 19.2. The SMILES string of the molecule is CCC(C)CCCNC(=O)c1cnc(OCC(O)CNCCOc2ccc(C(N)=O)cc2)s1. The highest BCUT2D eigenvalue weighted by atomic mass is 32.1. The molecule has 0 aliphatic rings. The second kappa shape index (κ2) is 14.5. The smallest absolute Gasteiger partial charge is 0.273 e. The molecule has 33 heavy (non-hydrogen) atoms. The molecule has 10 heteroatoms. The molecule has 2 atom stereocenters. The summed E-state index contributed by atoms with van der Waals surface area (Å²) in [5.41, 5.74) is 5.62. The minimum atomic E-state index is -0.735. The van der Waals surface area contributed by atoms with Gasteiger partial charge in [0.2, 0.25) is 5.91 Å². The summed E-state index contributed by atoms with van der Waals surface area (Å²) in [6.07, 6.45) is 3.95. The number of hydrogen-bond donors (Lipinski definition) is 4. The van der Waals surface area contributed by atoms with E-state index in [4.69, 9.17) is 15.2 Å². The lowest BCUT2D eigenvalue weighted by atomic mass is 10.0. The van der Waals surface area contributed by atoms with Crippen molar-refractivity contribution in [1.29, 1.82) is 0 Å². The first-order valence-corrected chi connectivity index (χ1v) is 12.0. The van der Waals surface area contributed by atoms with Gasteiger partial charge in [-0.15, -0.1) is 0 Å². The number of aliphatic hydroxyl groups excluding tert-OH is 1. The largest absolute Gasteiger partial charge is 0.492 e. The summed E-state index contributed by atoms with van der Waals surface area (Å²) >= 11 is 1.16. The van der Waals surface area contributed by atoms with Crippen LogP contribution in [-0.2, 0) is 0 Å². The van der Waals surface area contributed by atoms with Crippen LogP contribution in [0.3, 0.4) is 0 Å². The fourth-order valence-electron chi connectivity index (χ4n) is 2.83. The highest BCUT2D eigenvalue weighted by Crippen LogP contribution is 2.20. The molecule has 9 nitrogen and oxygen atoms in total. The van der Waals surface area contributed by atoms with Crippen LogP contribution >= 0.6 is 11.3 Å². The van der Waals surface area contributed by atoms with Crippen LogP contribution in [-0.4, -0.2) is 60.9 Å². The molecule has 0 saturated heterocycles. The molecule has 0 bridgehead atoms. The van der Waals surface area contributed by atoms with Crippen molar-refractivity contribution in [2.24, 2.45) is 11.7 Å². The lowest BCUT2D eigenvalue weighted by Crippen LogP contribution is -2.33. The lowest BCUT2D eigenvalue weighted by molar-refractivity contribution is 0.0954. The molecule has 1 aromatic heterocycles. The minimum Gasteiger partial charge on any atom is -0.492 e. The Morgan fingerprint density at radius 2 is 1.97 bits per heavy atom. The fraction of sp³-hybridized carbons (Fsp3) is 0.522. The van der Waals surface area contributed by atoms with E-state index < -0.39 is 12.0 Å². The Labute approximate surface area is 198 Å². The molecule has 2 amide bonds. The third kappa shape index (κ3) is 10.2. The fourth-order valence-corrected chi connectivity index (χ4v) is 3.52. The summed E-state index contributed by atoms with van der Waals surface area (Å²) < 4.78 is 11.1. The molecule has 0 fully saturated rings. The van der Waals surface area contributed by atoms with Crippen molar-refractivity contribution in [3.05, 3.63) is 40.9 Å². The van der Waals surface area contributed by atoms with Gasteiger partial charge in [0.15, 0.2) is 0 Å². The number of rotatable bonds is 16. The number of amides is 2. The first kappa shape index (κ1) is 26.6. The molecule has 1 heterocycles. The van der Waals surface area contributed by atoms with E-state index in [0.29, 0.717) is 53.5 Å². The molecule has 0 aliphatic carbocycles. The van der Waals surface area contributed by atoms with Crippen LogP contribution in [0.4, 0.5) is 0 Å². The van der Waals surface area contributed by atoms with E-state index in [9.17, 15) is 14.7 Å². The first-order chi connectivity index (χ1) is 15.9. The molecule has 0 saturated carbocycles. The van der Waals surface area contributed by atoms with Gasteiger partial charge in [-0.3, -0.25) is 9.59 Å². The van der Waals surface area contributed by atoms with Gasteiger partial charge in [0, 0.05) is 25.2 Å².